The van der Waals surface area contributed by atoms with Crippen LogP contribution in [0.2, 0.25) is 0 Å². The van der Waals surface area contributed by atoms with Crippen molar-refractivity contribution < 1.29 is 4.79 Å². The normalized spacial score (nSPS) is 23.4. The molecule has 1 atom stereocenters. The average Bonchev–Trinajstić information content (AvgIpc) is 2.52. The molecule has 1 rings (SSSR count). The Kier molecular flexibility index (Phi) is 4.18. The number of hydrogen-bond donors (Lipinski definition) is 2. The van der Waals surface area contributed by atoms with Gasteiger partial charge in [0.15, 0.2) is 0 Å². The van der Waals surface area contributed by atoms with E-state index in [2.05, 4.69) is 15.5 Å². The molecule has 1 fully saturated rings. The van der Waals surface area contributed by atoms with Crippen LogP contribution in [0.25, 0.3) is 0 Å². The molecule has 0 aromatic carbocycles. The molecule has 1 aliphatic heterocycles. The first-order valence-electron chi connectivity index (χ1n) is 4.92. The minimum absolute atomic E-state index is 0.138. The summed E-state index contributed by atoms with van der Waals surface area (Å²) in [6, 6.07) is 0.564. The van der Waals surface area contributed by atoms with E-state index in [9.17, 15) is 4.79 Å². The molecule has 1 saturated heterocycles. The average molecular weight is 185 g/mol. The highest BCUT2D eigenvalue weighted by molar-refractivity contribution is 5.77. The van der Waals surface area contributed by atoms with E-state index in [4.69, 9.17) is 0 Å². The molecular formula is C9H19N3O. The summed E-state index contributed by atoms with van der Waals surface area (Å²) in [7, 11) is 1.97. The number of hydrogen-bond acceptors (Lipinski definition) is 3. The van der Waals surface area contributed by atoms with Gasteiger partial charge in [0.2, 0.25) is 5.91 Å². The van der Waals surface area contributed by atoms with Crippen LogP contribution in [0.4, 0.5) is 0 Å². The molecule has 0 spiro atoms. The zero-order valence-corrected chi connectivity index (χ0v) is 8.47. The van der Waals surface area contributed by atoms with Gasteiger partial charge in [-0.25, -0.2) is 0 Å². The lowest BCUT2D eigenvalue weighted by molar-refractivity contribution is -0.121. The summed E-state index contributed by atoms with van der Waals surface area (Å²) in [4.78, 5) is 13.4. The zero-order valence-electron chi connectivity index (χ0n) is 8.47. The van der Waals surface area contributed by atoms with Gasteiger partial charge < -0.3 is 10.6 Å². The lowest BCUT2D eigenvalue weighted by atomic mass is 10.3. The number of likely N-dealkylation sites (tertiary alicyclic amines) is 1. The molecular weight excluding hydrogens is 166 g/mol. The molecule has 13 heavy (non-hydrogen) atoms. The molecule has 1 amide bonds. The van der Waals surface area contributed by atoms with E-state index >= 15 is 0 Å². The highest BCUT2D eigenvalue weighted by Gasteiger charge is 2.21. The molecule has 1 heterocycles. The first-order valence-corrected chi connectivity index (χ1v) is 4.92. The van der Waals surface area contributed by atoms with E-state index in [0.717, 1.165) is 26.1 Å². The lowest BCUT2D eigenvalue weighted by Gasteiger charge is -2.14. The number of carbonyl (C=O) groups excluding carboxylic acids is 1. The number of carbonyl (C=O) groups is 1. The molecule has 0 bridgehead atoms. The summed E-state index contributed by atoms with van der Waals surface area (Å²) >= 11 is 0. The summed E-state index contributed by atoms with van der Waals surface area (Å²) < 4.78 is 0. The molecule has 0 aliphatic carbocycles. The van der Waals surface area contributed by atoms with Crippen LogP contribution in [0.5, 0.6) is 0 Å². The Labute approximate surface area is 79.7 Å². The van der Waals surface area contributed by atoms with Crippen molar-refractivity contribution in [3.05, 3.63) is 0 Å². The first-order chi connectivity index (χ1) is 6.26. The zero-order chi connectivity index (χ0) is 9.68. The van der Waals surface area contributed by atoms with E-state index < -0.39 is 0 Å². The number of amides is 1. The Balaban J connectivity index is 2.19. The van der Waals surface area contributed by atoms with Crippen molar-refractivity contribution >= 4 is 5.91 Å². The quantitative estimate of drug-likeness (QED) is 0.615. The van der Waals surface area contributed by atoms with Crippen molar-refractivity contribution in [3.8, 4) is 0 Å². The van der Waals surface area contributed by atoms with Gasteiger partial charge in [0, 0.05) is 25.7 Å². The topological polar surface area (TPSA) is 44.4 Å². The van der Waals surface area contributed by atoms with Crippen LogP contribution in [0.1, 0.15) is 13.3 Å². The SMILES string of the molecule is CCNC(=O)CN1CCC(NC)C1. The molecule has 0 aromatic rings. The fraction of sp³-hybridized carbons (Fsp3) is 0.889. The predicted molar refractivity (Wildman–Crippen MR) is 52.6 cm³/mol. The second-order valence-electron chi connectivity index (χ2n) is 3.46. The van der Waals surface area contributed by atoms with E-state index in [1.54, 1.807) is 0 Å². The smallest absolute Gasteiger partial charge is 0.234 e. The molecule has 2 N–H and O–H groups in total. The van der Waals surface area contributed by atoms with Gasteiger partial charge in [-0.3, -0.25) is 9.69 Å². The summed E-state index contributed by atoms with van der Waals surface area (Å²) in [5.41, 5.74) is 0. The van der Waals surface area contributed by atoms with E-state index in [0.29, 0.717) is 12.6 Å². The Morgan fingerprint density at radius 1 is 1.62 bits per heavy atom. The molecule has 1 unspecified atom stereocenters. The van der Waals surface area contributed by atoms with Crippen molar-refractivity contribution in [2.75, 3.05) is 33.2 Å². The second-order valence-corrected chi connectivity index (χ2v) is 3.46. The van der Waals surface area contributed by atoms with Crippen molar-refractivity contribution in [1.82, 2.24) is 15.5 Å². The van der Waals surface area contributed by atoms with Crippen LogP contribution in [-0.2, 0) is 4.79 Å². The highest BCUT2D eigenvalue weighted by Crippen LogP contribution is 2.07. The van der Waals surface area contributed by atoms with Gasteiger partial charge in [-0.05, 0) is 20.4 Å². The number of likely N-dealkylation sites (N-methyl/N-ethyl adjacent to an activating group) is 2. The van der Waals surface area contributed by atoms with Gasteiger partial charge in [0.1, 0.15) is 0 Å². The maximum Gasteiger partial charge on any atom is 0.234 e. The Morgan fingerprint density at radius 3 is 2.92 bits per heavy atom. The van der Waals surface area contributed by atoms with Gasteiger partial charge in [0.25, 0.3) is 0 Å². The number of nitrogens with zero attached hydrogens (tertiary/aromatic N) is 1. The minimum atomic E-state index is 0.138. The molecule has 0 aromatic heterocycles. The van der Waals surface area contributed by atoms with Crippen LogP contribution in [0.15, 0.2) is 0 Å². The molecule has 0 radical (unpaired) electrons. The predicted octanol–water partition coefficient (Wildman–Crippen LogP) is -0.584. The van der Waals surface area contributed by atoms with Crippen LogP contribution >= 0.6 is 0 Å². The Morgan fingerprint density at radius 2 is 2.38 bits per heavy atom. The van der Waals surface area contributed by atoms with Crippen LogP contribution in [0, 0.1) is 0 Å². The number of nitrogens with one attached hydrogen (secondary N) is 2. The Hall–Kier alpha value is -0.610. The number of rotatable bonds is 4. The van der Waals surface area contributed by atoms with Gasteiger partial charge in [-0.2, -0.15) is 0 Å². The molecule has 1 aliphatic rings. The minimum Gasteiger partial charge on any atom is -0.355 e. The third kappa shape index (κ3) is 3.32. The van der Waals surface area contributed by atoms with Crippen molar-refractivity contribution in [1.29, 1.82) is 0 Å². The maximum atomic E-state index is 11.2. The van der Waals surface area contributed by atoms with Gasteiger partial charge >= 0.3 is 0 Å². The van der Waals surface area contributed by atoms with Crippen molar-refractivity contribution in [3.63, 3.8) is 0 Å². The first kappa shape index (κ1) is 10.5. The molecule has 0 saturated carbocycles. The van der Waals surface area contributed by atoms with Crippen molar-refractivity contribution in [2.24, 2.45) is 0 Å². The van der Waals surface area contributed by atoms with Crippen molar-refractivity contribution in [2.45, 2.75) is 19.4 Å². The largest absolute Gasteiger partial charge is 0.355 e. The second kappa shape index (κ2) is 5.19. The third-order valence-electron chi connectivity index (χ3n) is 2.42. The van der Waals surface area contributed by atoms with E-state index in [-0.39, 0.29) is 5.91 Å². The van der Waals surface area contributed by atoms with Crippen LogP contribution < -0.4 is 10.6 Å². The summed E-state index contributed by atoms with van der Waals surface area (Å²) in [5.74, 6) is 0.138. The van der Waals surface area contributed by atoms with Gasteiger partial charge in [-0.15, -0.1) is 0 Å². The van der Waals surface area contributed by atoms with Gasteiger partial charge in [-0.1, -0.05) is 0 Å². The van der Waals surface area contributed by atoms with Gasteiger partial charge in [0.05, 0.1) is 6.54 Å². The monoisotopic (exact) mass is 185 g/mol. The molecule has 4 nitrogen and oxygen atoms in total. The summed E-state index contributed by atoms with van der Waals surface area (Å²) in [5, 5.41) is 6.03. The molecule has 76 valence electrons. The summed E-state index contributed by atoms with van der Waals surface area (Å²) in [6.07, 6.45) is 1.15. The van der Waals surface area contributed by atoms with E-state index in [1.807, 2.05) is 14.0 Å². The fourth-order valence-electron chi connectivity index (χ4n) is 1.67. The fourth-order valence-corrected chi connectivity index (χ4v) is 1.67. The lowest BCUT2D eigenvalue weighted by Crippen LogP contribution is -2.37. The summed E-state index contributed by atoms with van der Waals surface area (Å²) in [6.45, 7) is 5.24. The van der Waals surface area contributed by atoms with Crippen LogP contribution in [0.3, 0.4) is 0 Å². The standard InChI is InChI=1S/C9H19N3O/c1-3-11-9(13)7-12-5-4-8(6-12)10-2/h8,10H,3-7H2,1-2H3,(H,11,13). The van der Waals surface area contributed by atoms with E-state index in [1.165, 1.54) is 0 Å². The van der Waals surface area contributed by atoms with Crippen LogP contribution in [-0.4, -0.2) is 50.1 Å². The maximum absolute atomic E-state index is 11.2. The highest BCUT2D eigenvalue weighted by atomic mass is 16.2. The Bertz CT molecular complexity index is 172. The third-order valence-corrected chi connectivity index (χ3v) is 2.42. The molecule has 4 heteroatoms.